The summed E-state index contributed by atoms with van der Waals surface area (Å²) in [4.78, 5) is 22.3. The van der Waals surface area contributed by atoms with E-state index in [1.807, 2.05) is 60.7 Å². The molecule has 29 heavy (non-hydrogen) atoms. The van der Waals surface area contributed by atoms with Crippen molar-refractivity contribution >= 4 is 67.3 Å². The summed E-state index contributed by atoms with van der Waals surface area (Å²) in [6, 6.07) is 23.8. The molecule has 1 N–H and O–H groups in total. The highest BCUT2D eigenvalue weighted by molar-refractivity contribution is 14.1. The first-order chi connectivity index (χ1) is 14.2. The van der Waals surface area contributed by atoms with E-state index in [0.29, 0.717) is 13.0 Å². The topological polar surface area (TPSA) is 59.8 Å². The van der Waals surface area contributed by atoms with Gasteiger partial charge in [-0.05, 0) is 52.9 Å². The number of aryl methyl sites for hydroxylation is 1. The number of halogens is 1. The molecule has 2 aromatic heterocycles. The molecule has 0 saturated carbocycles. The van der Waals surface area contributed by atoms with Crippen LogP contribution in [-0.4, -0.2) is 20.4 Å². The van der Waals surface area contributed by atoms with Crippen molar-refractivity contribution < 1.29 is 4.79 Å². The molecule has 5 aromatic rings. The van der Waals surface area contributed by atoms with Crippen molar-refractivity contribution in [2.45, 2.75) is 13.0 Å². The van der Waals surface area contributed by atoms with E-state index in [0.717, 1.165) is 42.4 Å². The Labute approximate surface area is 180 Å². The first-order valence-corrected chi connectivity index (χ1v) is 10.5. The van der Waals surface area contributed by atoms with Gasteiger partial charge in [0.05, 0.1) is 22.2 Å². The molecule has 0 spiro atoms. The van der Waals surface area contributed by atoms with Crippen LogP contribution in [0.1, 0.15) is 6.42 Å². The molecule has 5 rings (SSSR count). The molecule has 0 radical (unpaired) electrons. The molecule has 0 bridgehead atoms. The monoisotopic (exact) mass is 492 g/mol. The molecule has 0 saturated heterocycles. The molecule has 2 heterocycles. The summed E-state index contributed by atoms with van der Waals surface area (Å²) in [5.74, 6) is -0.0196. The Kier molecular flexibility index (Phi) is 4.63. The zero-order valence-electron chi connectivity index (χ0n) is 15.5. The maximum absolute atomic E-state index is 12.6. The molecule has 142 valence electrons. The number of anilines is 1. The molecular weight excluding hydrogens is 475 g/mol. The summed E-state index contributed by atoms with van der Waals surface area (Å²) in [6.07, 6.45) is 0.354. The lowest BCUT2D eigenvalue weighted by Gasteiger charge is -2.09. The number of hydrogen-bond acceptors (Lipinski definition) is 3. The van der Waals surface area contributed by atoms with Crippen LogP contribution in [0.25, 0.3) is 33.1 Å². The minimum absolute atomic E-state index is 0.0196. The number of aromatic nitrogens is 3. The predicted molar refractivity (Wildman–Crippen MR) is 125 cm³/mol. The van der Waals surface area contributed by atoms with E-state index in [1.54, 1.807) is 0 Å². The lowest BCUT2D eigenvalue weighted by atomic mass is 10.2. The standard InChI is InChI=1S/C23H17IN4O/c24-16-8-2-3-9-17(16)25-21(29)13-14-28-20-12-6-1-7-15(20)22-23(28)27-19-11-5-4-10-18(19)26-22/h1-12H,13-14H2,(H,25,29). The molecule has 3 aromatic carbocycles. The first-order valence-electron chi connectivity index (χ1n) is 9.39. The van der Waals surface area contributed by atoms with Gasteiger partial charge in [0.25, 0.3) is 0 Å². The average Bonchev–Trinajstić information content (AvgIpc) is 3.05. The fourth-order valence-corrected chi connectivity index (χ4v) is 4.12. The average molecular weight is 492 g/mol. The number of rotatable bonds is 4. The second kappa shape index (κ2) is 7.44. The van der Waals surface area contributed by atoms with Gasteiger partial charge in [-0.1, -0.05) is 42.5 Å². The highest BCUT2D eigenvalue weighted by atomic mass is 127. The van der Waals surface area contributed by atoms with Crippen molar-refractivity contribution in [1.29, 1.82) is 0 Å². The van der Waals surface area contributed by atoms with Gasteiger partial charge in [-0.15, -0.1) is 0 Å². The Morgan fingerprint density at radius 2 is 1.59 bits per heavy atom. The Morgan fingerprint density at radius 1 is 0.897 bits per heavy atom. The van der Waals surface area contributed by atoms with Crippen LogP contribution in [0.4, 0.5) is 5.69 Å². The largest absolute Gasteiger partial charge is 0.325 e. The van der Waals surface area contributed by atoms with Crippen LogP contribution in [0.5, 0.6) is 0 Å². The Hall–Kier alpha value is -3.00. The van der Waals surface area contributed by atoms with E-state index in [9.17, 15) is 4.79 Å². The van der Waals surface area contributed by atoms with Gasteiger partial charge in [0.1, 0.15) is 5.52 Å². The minimum Gasteiger partial charge on any atom is -0.325 e. The maximum atomic E-state index is 12.6. The zero-order chi connectivity index (χ0) is 19.8. The van der Waals surface area contributed by atoms with Gasteiger partial charge in [-0.2, -0.15) is 0 Å². The number of nitrogens with one attached hydrogen (secondary N) is 1. The van der Waals surface area contributed by atoms with Gasteiger partial charge < -0.3 is 9.88 Å². The summed E-state index contributed by atoms with van der Waals surface area (Å²) in [7, 11) is 0. The predicted octanol–water partition coefficient (Wildman–Crippen LogP) is 5.37. The molecule has 0 fully saturated rings. The van der Waals surface area contributed by atoms with E-state index in [-0.39, 0.29) is 5.91 Å². The molecule has 0 atom stereocenters. The van der Waals surface area contributed by atoms with Gasteiger partial charge >= 0.3 is 0 Å². The van der Waals surface area contributed by atoms with Crippen molar-refractivity contribution in [1.82, 2.24) is 14.5 Å². The fraction of sp³-hybridized carbons (Fsp3) is 0.0870. The van der Waals surface area contributed by atoms with Crippen LogP contribution in [0, 0.1) is 3.57 Å². The van der Waals surface area contributed by atoms with E-state index < -0.39 is 0 Å². The molecule has 0 unspecified atom stereocenters. The van der Waals surface area contributed by atoms with Crippen molar-refractivity contribution in [3.8, 4) is 0 Å². The van der Waals surface area contributed by atoms with Crippen LogP contribution < -0.4 is 5.32 Å². The first kappa shape index (κ1) is 18.1. The van der Waals surface area contributed by atoms with E-state index >= 15 is 0 Å². The SMILES string of the molecule is O=C(CCn1c2ccccc2c2nc3ccccc3nc21)Nc1ccccc1I. The number of amides is 1. The van der Waals surface area contributed by atoms with Crippen LogP contribution >= 0.6 is 22.6 Å². The van der Waals surface area contributed by atoms with E-state index in [4.69, 9.17) is 9.97 Å². The van der Waals surface area contributed by atoms with Crippen LogP contribution in [0.3, 0.4) is 0 Å². The van der Waals surface area contributed by atoms with Crippen LogP contribution in [0.15, 0.2) is 72.8 Å². The van der Waals surface area contributed by atoms with Gasteiger partial charge in [0.15, 0.2) is 5.65 Å². The molecule has 0 aliphatic heterocycles. The lowest BCUT2D eigenvalue weighted by molar-refractivity contribution is -0.116. The Morgan fingerprint density at radius 3 is 2.41 bits per heavy atom. The molecule has 0 aliphatic carbocycles. The van der Waals surface area contributed by atoms with Crippen LogP contribution in [0.2, 0.25) is 0 Å². The highest BCUT2D eigenvalue weighted by Gasteiger charge is 2.15. The molecule has 6 heteroatoms. The summed E-state index contributed by atoms with van der Waals surface area (Å²) in [5.41, 5.74) is 5.29. The third-order valence-corrected chi connectivity index (χ3v) is 5.91. The Balaban J connectivity index is 1.52. The van der Waals surface area contributed by atoms with Gasteiger partial charge in [0, 0.05) is 21.9 Å². The molecule has 0 aliphatic rings. The number of nitrogens with zero attached hydrogens (tertiary/aromatic N) is 3. The van der Waals surface area contributed by atoms with Gasteiger partial charge in [-0.25, -0.2) is 9.97 Å². The summed E-state index contributed by atoms with van der Waals surface area (Å²) in [6.45, 7) is 0.534. The third kappa shape index (κ3) is 3.33. The summed E-state index contributed by atoms with van der Waals surface area (Å²) < 4.78 is 3.12. The number of hydrogen-bond donors (Lipinski definition) is 1. The summed E-state index contributed by atoms with van der Waals surface area (Å²) >= 11 is 2.23. The van der Waals surface area contributed by atoms with Crippen molar-refractivity contribution in [3.05, 3.63) is 76.4 Å². The fourth-order valence-electron chi connectivity index (χ4n) is 3.60. The quantitative estimate of drug-likeness (QED) is 0.343. The minimum atomic E-state index is -0.0196. The zero-order valence-corrected chi connectivity index (χ0v) is 17.6. The number of carbonyl (C=O) groups is 1. The Bertz CT molecular complexity index is 1380. The van der Waals surface area contributed by atoms with Crippen molar-refractivity contribution in [2.24, 2.45) is 0 Å². The second-order valence-corrected chi connectivity index (χ2v) is 7.99. The van der Waals surface area contributed by atoms with Gasteiger partial charge in [0.2, 0.25) is 5.91 Å². The van der Waals surface area contributed by atoms with Gasteiger partial charge in [-0.3, -0.25) is 4.79 Å². The number of benzene rings is 3. The number of para-hydroxylation sites is 4. The molecule has 5 nitrogen and oxygen atoms in total. The number of carbonyl (C=O) groups excluding carboxylic acids is 1. The van der Waals surface area contributed by atoms with Crippen molar-refractivity contribution in [2.75, 3.05) is 5.32 Å². The van der Waals surface area contributed by atoms with E-state index in [2.05, 4.69) is 44.6 Å². The number of fused-ring (bicyclic) bond motifs is 4. The van der Waals surface area contributed by atoms with E-state index in [1.165, 1.54) is 0 Å². The normalized spacial score (nSPS) is 11.3. The smallest absolute Gasteiger partial charge is 0.226 e. The lowest BCUT2D eigenvalue weighted by Crippen LogP contribution is -2.15. The second-order valence-electron chi connectivity index (χ2n) is 6.83. The van der Waals surface area contributed by atoms with Crippen molar-refractivity contribution in [3.63, 3.8) is 0 Å². The molecule has 1 amide bonds. The summed E-state index contributed by atoms with van der Waals surface area (Å²) in [5, 5.41) is 4.06. The highest BCUT2D eigenvalue weighted by Crippen LogP contribution is 2.28. The maximum Gasteiger partial charge on any atom is 0.226 e. The van der Waals surface area contributed by atoms with Crippen LogP contribution in [-0.2, 0) is 11.3 Å². The third-order valence-electron chi connectivity index (χ3n) is 4.97. The molecular formula is C23H17IN4O.